The number of rotatable bonds is 4. The molecule has 0 spiro atoms. The van der Waals surface area contributed by atoms with Gasteiger partial charge in [-0.3, -0.25) is 9.69 Å². The lowest BCUT2D eigenvalue weighted by atomic mass is 9.97. The van der Waals surface area contributed by atoms with Crippen molar-refractivity contribution in [2.24, 2.45) is 0 Å². The van der Waals surface area contributed by atoms with Crippen LogP contribution in [0.5, 0.6) is 0 Å². The Bertz CT molecular complexity index is 211. The Kier molecular flexibility index (Phi) is 5.01. The summed E-state index contributed by atoms with van der Waals surface area (Å²) in [5.74, 6) is 0.0284. The summed E-state index contributed by atoms with van der Waals surface area (Å²) in [5, 5.41) is 11.7. The molecule has 1 rings (SSSR count). The summed E-state index contributed by atoms with van der Waals surface area (Å²) in [6.07, 6.45) is 1.90. The molecule has 1 fully saturated rings. The molecule has 0 saturated carbocycles. The Morgan fingerprint density at radius 1 is 1.60 bits per heavy atom. The molecule has 0 aliphatic carbocycles. The van der Waals surface area contributed by atoms with Crippen LogP contribution < -0.4 is 10.8 Å². The first kappa shape index (κ1) is 12.4. The van der Waals surface area contributed by atoms with E-state index in [0.29, 0.717) is 12.6 Å². The lowest BCUT2D eigenvalue weighted by Gasteiger charge is -2.38. The molecule has 5 heteroatoms. The summed E-state index contributed by atoms with van der Waals surface area (Å²) in [6, 6.07) is 0.564. The monoisotopic (exact) mass is 215 g/mol. The van der Waals surface area contributed by atoms with Gasteiger partial charge in [0.25, 0.3) is 0 Å². The molecule has 0 aromatic rings. The maximum absolute atomic E-state index is 10.9. The molecule has 1 saturated heterocycles. The van der Waals surface area contributed by atoms with Crippen molar-refractivity contribution in [3.05, 3.63) is 0 Å². The zero-order valence-corrected chi connectivity index (χ0v) is 9.49. The molecule has 3 N–H and O–H groups in total. The molecule has 1 amide bonds. The van der Waals surface area contributed by atoms with E-state index in [2.05, 4.69) is 22.6 Å². The summed E-state index contributed by atoms with van der Waals surface area (Å²) < 4.78 is 0. The number of hydroxylamine groups is 1. The van der Waals surface area contributed by atoms with Gasteiger partial charge in [-0.25, -0.2) is 5.48 Å². The molecule has 1 aliphatic heterocycles. The molecule has 5 nitrogen and oxygen atoms in total. The Hall–Kier alpha value is -0.650. The van der Waals surface area contributed by atoms with Crippen LogP contribution in [0.3, 0.4) is 0 Å². The summed E-state index contributed by atoms with van der Waals surface area (Å²) >= 11 is 0. The van der Waals surface area contributed by atoms with E-state index in [4.69, 9.17) is 5.21 Å². The minimum absolute atomic E-state index is 0.0284. The molecule has 0 radical (unpaired) electrons. The molecule has 88 valence electrons. The fourth-order valence-electron chi connectivity index (χ4n) is 2.25. The number of carbonyl (C=O) groups excluding carboxylic acids is 1. The molecular weight excluding hydrogens is 194 g/mol. The molecule has 2 unspecified atom stereocenters. The zero-order valence-electron chi connectivity index (χ0n) is 9.49. The Morgan fingerprint density at radius 2 is 2.33 bits per heavy atom. The second-order valence-electron chi connectivity index (χ2n) is 4.07. The standard InChI is InChI=1S/C10H21N3O2/c1-3-13-5-4-9(12-8(2)14)6-10(13)7-11-15/h9-11,15H,3-7H2,1-2H3,(H,12,14). The zero-order chi connectivity index (χ0) is 11.3. The SMILES string of the molecule is CCN1CCC(NC(C)=O)CC1CNO. The minimum atomic E-state index is 0.0284. The van der Waals surface area contributed by atoms with Gasteiger partial charge < -0.3 is 10.5 Å². The first-order valence-electron chi connectivity index (χ1n) is 5.55. The third-order valence-electron chi connectivity index (χ3n) is 2.98. The molecule has 0 aromatic heterocycles. The van der Waals surface area contributed by atoms with Crippen molar-refractivity contribution in [3.8, 4) is 0 Å². The number of nitrogens with zero attached hydrogens (tertiary/aromatic N) is 1. The van der Waals surface area contributed by atoms with Gasteiger partial charge in [0, 0.05) is 32.1 Å². The van der Waals surface area contributed by atoms with Crippen molar-refractivity contribution < 1.29 is 10.0 Å². The van der Waals surface area contributed by atoms with E-state index in [1.807, 2.05) is 0 Å². The van der Waals surface area contributed by atoms with Crippen LogP contribution in [-0.4, -0.2) is 47.7 Å². The van der Waals surface area contributed by atoms with Gasteiger partial charge in [0.1, 0.15) is 0 Å². The maximum atomic E-state index is 10.9. The van der Waals surface area contributed by atoms with Gasteiger partial charge in [-0.05, 0) is 19.4 Å². The van der Waals surface area contributed by atoms with Gasteiger partial charge >= 0.3 is 0 Å². The fourth-order valence-corrected chi connectivity index (χ4v) is 2.25. The van der Waals surface area contributed by atoms with Crippen molar-refractivity contribution in [2.45, 2.75) is 38.8 Å². The lowest BCUT2D eigenvalue weighted by molar-refractivity contribution is -0.120. The third-order valence-corrected chi connectivity index (χ3v) is 2.98. The van der Waals surface area contributed by atoms with E-state index in [0.717, 1.165) is 25.9 Å². The van der Waals surface area contributed by atoms with E-state index in [1.165, 1.54) is 0 Å². The summed E-state index contributed by atoms with van der Waals surface area (Å²) in [7, 11) is 0. The maximum Gasteiger partial charge on any atom is 0.217 e. The van der Waals surface area contributed by atoms with E-state index >= 15 is 0 Å². The van der Waals surface area contributed by atoms with Crippen molar-refractivity contribution in [3.63, 3.8) is 0 Å². The van der Waals surface area contributed by atoms with Crippen LogP contribution in [0.1, 0.15) is 26.7 Å². The predicted octanol–water partition coefficient (Wildman–Crippen LogP) is -0.0458. The van der Waals surface area contributed by atoms with Gasteiger partial charge in [0.05, 0.1) is 0 Å². The van der Waals surface area contributed by atoms with E-state index in [-0.39, 0.29) is 11.9 Å². The summed E-state index contributed by atoms with van der Waals surface area (Å²) in [4.78, 5) is 13.3. The highest BCUT2D eigenvalue weighted by Gasteiger charge is 2.27. The van der Waals surface area contributed by atoms with Crippen LogP contribution >= 0.6 is 0 Å². The molecular formula is C10H21N3O2. The predicted molar refractivity (Wildman–Crippen MR) is 57.7 cm³/mol. The summed E-state index contributed by atoms with van der Waals surface area (Å²) in [5.41, 5.74) is 2.22. The second-order valence-corrected chi connectivity index (χ2v) is 4.07. The van der Waals surface area contributed by atoms with Crippen LogP contribution in [0.2, 0.25) is 0 Å². The van der Waals surface area contributed by atoms with Crippen LogP contribution in [0, 0.1) is 0 Å². The normalized spacial score (nSPS) is 27.7. The smallest absolute Gasteiger partial charge is 0.217 e. The van der Waals surface area contributed by atoms with Crippen LogP contribution in [0.4, 0.5) is 0 Å². The Morgan fingerprint density at radius 3 is 2.87 bits per heavy atom. The number of carbonyl (C=O) groups is 1. The van der Waals surface area contributed by atoms with E-state index in [1.54, 1.807) is 6.92 Å². The number of amides is 1. The quantitative estimate of drug-likeness (QED) is 0.576. The highest BCUT2D eigenvalue weighted by Crippen LogP contribution is 2.16. The number of hydrogen-bond acceptors (Lipinski definition) is 4. The minimum Gasteiger partial charge on any atom is -0.354 e. The topological polar surface area (TPSA) is 64.6 Å². The molecule has 1 heterocycles. The van der Waals surface area contributed by atoms with Crippen LogP contribution in [0.25, 0.3) is 0 Å². The van der Waals surface area contributed by atoms with Crippen LogP contribution in [0.15, 0.2) is 0 Å². The fraction of sp³-hybridized carbons (Fsp3) is 0.900. The average Bonchev–Trinajstić information content (AvgIpc) is 2.18. The van der Waals surface area contributed by atoms with Crippen molar-refractivity contribution >= 4 is 5.91 Å². The second kappa shape index (κ2) is 6.05. The molecule has 0 bridgehead atoms. The van der Waals surface area contributed by atoms with Crippen molar-refractivity contribution in [1.82, 2.24) is 15.7 Å². The number of nitrogens with one attached hydrogen (secondary N) is 2. The van der Waals surface area contributed by atoms with Crippen LogP contribution in [-0.2, 0) is 4.79 Å². The first-order chi connectivity index (χ1) is 7.17. The highest BCUT2D eigenvalue weighted by atomic mass is 16.5. The Balaban J connectivity index is 2.45. The number of likely N-dealkylation sites (tertiary alicyclic amines) is 1. The van der Waals surface area contributed by atoms with Crippen molar-refractivity contribution in [2.75, 3.05) is 19.6 Å². The van der Waals surface area contributed by atoms with Crippen molar-refractivity contribution in [1.29, 1.82) is 0 Å². The molecule has 15 heavy (non-hydrogen) atoms. The Labute approximate surface area is 90.8 Å². The van der Waals surface area contributed by atoms with Gasteiger partial charge in [0.2, 0.25) is 5.91 Å². The lowest BCUT2D eigenvalue weighted by Crippen LogP contribution is -2.52. The van der Waals surface area contributed by atoms with Gasteiger partial charge in [-0.2, -0.15) is 0 Å². The third kappa shape index (κ3) is 3.77. The van der Waals surface area contributed by atoms with Gasteiger partial charge in [0.15, 0.2) is 0 Å². The van der Waals surface area contributed by atoms with Gasteiger partial charge in [-0.1, -0.05) is 6.92 Å². The van der Waals surface area contributed by atoms with E-state index in [9.17, 15) is 4.79 Å². The largest absolute Gasteiger partial charge is 0.354 e. The van der Waals surface area contributed by atoms with Gasteiger partial charge in [-0.15, -0.1) is 0 Å². The molecule has 2 atom stereocenters. The number of hydrogen-bond donors (Lipinski definition) is 3. The first-order valence-corrected chi connectivity index (χ1v) is 5.55. The number of piperidine rings is 1. The molecule has 0 aromatic carbocycles. The summed E-state index contributed by atoms with van der Waals surface area (Å²) in [6.45, 7) is 6.19. The highest BCUT2D eigenvalue weighted by molar-refractivity contribution is 5.73. The van der Waals surface area contributed by atoms with E-state index < -0.39 is 0 Å². The number of likely N-dealkylation sites (N-methyl/N-ethyl adjacent to an activating group) is 1. The average molecular weight is 215 g/mol. The molecule has 1 aliphatic rings.